The molecule has 0 amide bonds. The van der Waals surface area contributed by atoms with Crippen molar-refractivity contribution in [2.75, 3.05) is 65.5 Å². The number of esters is 1. The van der Waals surface area contributed by atoms with Gasteiger partial charge in [0.15, 0.2) is 30.3 Å². The first kappa shape index (κ1) is 99.2. The molecule has 4 fully saturated rings. The van der Waals surface area contributed by atoms with Crippen molar-refractivity contribution < 1.29 is 162 Å². The van der Waals surface area contributed by atoms with Crippen molar-refractivity contribution in [3.63, 3.8) is 0 Å². The highest BCUT2D eigenvalue weighted by atomic mass is 33.2. The summed E-state index contributed by atoms with van der Waals surface area (Å²) in [5, 5.41) is 9.46. The molecule has 6 aliphatic rings. The smallest absolute Gasteiger partial charge is 0.480 e. The van der Waals surface area contributed by atoms with Crippen LogP contribution in [0.1, 0.15) is 12.5 Å². The summed E-state index contributed by atoms with van der Waals surface area (Å²) in [6.07, 6.45) is 0.646. The van der Waals surface area contributed by atoms with Gasteiger partial charge in [-0.2, -0.15) is 38.4 Å². The summed E-state index contributed by atoms with van der Waals surface area (Å²) in [4.78, 5) is 13.2. The van der Waals surface area contributed by atoms with Crippen LogP contribution in [0, 0.1) is 16.9 Å². The van der Waals surface area contributed by atoms with E-state index in [1.54, 1.807) is 76.9 Å². The minimum atomic E-state index is -6.23. The van der Waals surface area contributed by atoms with Crippen molar-refractivity contribution in [2.24, 2.45) is 0 Å². The van der Waals surface area contributed by atoms with Crippen molar-refractivity contribution in [3.8, 4) is 39.9 Å². The van der Waals surface area contributed by atoms with Crippen LogP contribution in [0.25, 0.3) is 39.5 Å². The van der Waals surface area contributed by atoms with Crippen molar-refractivity contribution in [1.82, 2.24) is 14.1 Å². The number of benzene rings is 6. The van der Waals surface area contributed by atoms with E-state index in [1.807, 2.05) is 23.1 Å². The quantitative estimate of drug-likeness (QED) is 0.0470. The lowest BCUT2D eigenvalue weighted by atomic mass is 10.0. The molecule has 62 heteroatoms. The van der Waals surface area contributed by atoms with Crippen LogP contribution in [-0.2, 0) is 174 Å². The van der Waals surface area contributed by atoms with Gasteiger partial charge >= 0.3 is 34.2 Å². The van der Waals surface area contributed by atoms with Crippen molar-refractivity contribution in [2.45, 2.75) is 24.3 Å². The molecule has 6 heterocycles. The fraction of sp³-hybridized carbons (Fsp3) is 0.250. The van der Waals surface area contributed by atoms with Crippen LogP contribution in [0.15, 0.2) is 181 Å². The van der Waals surface area contributed by atoms with Gasteiger partial charge in [0.25, 0.3) is 31.8 Å². The van der Waals surface area contributed by atoms with E-state index in [0.717, 1.165) is 13.1 Å². The number of carbonyl (C=O) groups excluding carboxylic acids is 1. The Morgan fingerprint density at radius 2 is 1.01 bits per heavy atom. The molecule has 6 aromatic carbocycles. The molecular weight excluding hydrogens is 1810 g/mol. The maximum Gasteiger partial charge on any atom is 0.480 e. The number of hydrogen-bond donors (Lipinski definition) is 2. The number of halogens is 3. The number of piperazine rings is 1. The Balaban J connectivity index is 0.000000281. The molecule has 5 unspecified atom stereocenters. The molecule has 0 radical (unpaired) electrons. The lowest BCUT2D eigenvalue weighted by Crippen LogP contribution is -2.43. The summed E-state index contributed by atoms with van der Waals surface area (Å²) < 4.78 is 343. The van der Waals surface area contributed by atoms with Crippen LogP contribution in [0.3, 0.4) is 0 Å². The van der Waals surface area contributed by atoms with Crippen LogP contribution in [0.5, 0.6) is 28.7 Å². The largest absolute Gasteiger partial charge is 0.774 e. The van der Waals surface area contributed by atoms with Crippen LogP contribution < -0.4 is 25.8 Å². The van der Waals surface area contributed by atoms with Gasteiger partial charge < -0.3 is 81.3 Å². The fourth-order valence-corrected chi connectivity index (χ4v) is 16.0. The molecule has 0 spiro atoms. The molecule has 2 N–H and O–H groups in total. The summed E-state index contributed by atoms with van der Waals surface area (Å²) >= 11 is -8.33. The van der Waals surface area contributed by atoms with Crippen LogP contribution in [0.2, 0.25) is 0 Å². The summed E-state index contributed by atoms with van der Waals surface area (Å²) in [6.45, 7) is 8.22. The second-order valence-electron chi connectivity index (χ2n) is 20.2. The third kappa shape index (κ3) is 36.9. The Hall–Kier alpha value is -7.21. The highest BCUT2D eigenvalue weighted by molar-refractivity contribution is 8.66. The second-order valence-corrected chi connectivity index (χ2v) is 39.5. The lowest BCUT2D eigenvalue weighted by molar-refractivity contribution is -0.139. The maximum atomic E-state index is 11.9. The standard InChI is InChI=1S/C12H8NO6S2.C12H10NO5S2.C7H9F3NO7S2.C7H8.C6H4NO6S2.C5H10N3O2S.C2H4NO6S2.CH5N2O4S2/c14-20(15)13-21(16,17)19-12-8-4-2-6-10(12)9-5-1-3-7-11(9)18-20;14-19(15,12-9-5-2-6-10-12)13-20(16,17)18-11-7-3-1-4-8-11;1-5(2)6(12)17-3-4-18-20(15,16)11-19(13,14)7(8,9)10;1-7-5-3-2-4-6-7;8-14-10-5-3-1-2-4-6(5)11-15(9)13-7-12-14;9-11(10)6-5-7-1-3-8(11)4-2-7;4-10-6-1-2-7-11(5)9-3-8-10;1-8(2,5)9(6,7)3-4/h1-8H;1-10H;1,3-4H2,2H3;2-6H,1H3;1-4H;1-5H2;1-2H2;2-3H,1H3/q3*-1;;4*-1. The summed E-state index contributed by atoms with van der Waals surface area (Å²) in [5.41, 5.74) is 1.70. The van der Waals surface area contributed by atoms with Gasteiger partial charge in [0.2, 0.25) is 41.2 Å². The molecule has 4 saturated heterocycles. The number of hydrogen-bond acceptors (Lipinski definition) is 38. The number of rotatable bonds is 14. The number of para-hydroxylation sites is 5. The van der Waals surface area contributed by atoms with Gasteiger partial charge in [-0.1, -0.05) is 134 Å². The number of fused-ring (bicyclic) bond motifs is 8. The molecule has 2 bridgehead atoms. The van der Waals surface area contributed by atoms with Crippen LogP contribution >= 0.6 is 0 Å². The summed E-state index contributed by atoms with van der Waals surface area (Å²) in [5.74, 6) is -0.732. The van der Waals surface area contributed by atoms with E-state index in [2.05, 4.69) is 88.5 Å². The first-order valence-electron chi connectivity index (χ1n) is 29.4. The zero-order valence-corrected chi connectivity index (χ0v) is 68.0. The van der Waals surface area contributed by atoms with E-state index in [9.17, 15) is 112 Å². The Morgan fingerprint density at radius 3 is 1.41 bits per heavy atom. The Kier molecular flexibility index (Phi) is 39.6. The molecule has 0 aliphatic carbocycles. The molecule has 638 valence electrons. The van der Waals surface area contributed by atoms with Gasteiger partial charge in [0.05, 0.1) is 19.8 Å². The number of carbonyl (C=O) groups is 1. The molecule has 12 rings (SSSR count). The number of alkyl halides is 3. The Bertz CT molecular complexity index is 5260. The fourth-order valence-electron chi connectivity index (χ4n) is 6.92. The molecule has 46 nitrogen and oxygen atoms in total. The van der Waals surface area contributed by atoms with Gasteiger partial charge in [-0.05, 0) is 62.4 Å². The van der Waals surface area contributed by atoms with E-state index in [1.165, 1.54) is 77.5 Å². The predicted molar refractivity (Wildman–Crippen MR) is 393 cm³/mol. The topological polar surface area (TPSA) is 646 Å². The molecular formula is C52H58F3N10O36S13-7. The van der Waals surface area contributed by atoms with E-state index >= 15 is 0 Å². The molecule has 6 aliphatic heterocycles. The normalized spacial score (nSPS) is 20.7. The SMILES string of the molecule is C=C(C)C(=O)OCCOS(=O)(=O)[N-]S(=O)(=O)C(F)(F)F.CS(=N)(=O)S(=O)(=O)N[O-].Cc1ccccc1.O=S(=O)([N-]S(=O)(=O)c1ccccc1)Oc1ccccc1.O=S1(=O)[N-]CN2CCN1CC2.O=S1(=O)[N-]S(=O)(=O)Oc2ccccc2-c2ccccc2O1.O=S1OCCOS(=O)O[N-]O1.O=S1O[N-]OS(=O)Oc2ccccc2O1. The van der Waals surface area contributed by atoms with Gasteiger partial charge in [-0.15, -0.1) is 0 Å². The maximum absolute atomic E-state index is 11.9. The monoisotopic (exact) mass is 1870 g/mol. The van der Waals surface area contributed by atoms with Crippen molar-refractivity contribution in [1.29, 1.82) is 4.78 Å². The van der Waals surface area contributed by atoms with Crippen molar-refractivity contribution in [3.05, 3.63) is 215 Å². The summed E-state index contributed by atoms with van der Waals surface area (Å²) in [6, 6.07) is 43.4. The molecule has 6 aromatic rings. The van der Waals surface area contributed by atoms with Gasteiger partial charge in [0, 0.05) is 54.0 Å². The summed E-state index contributed by atoms with van der Waals surface area (Å²) in [7, 11) is -41.4. The first-order chi connectivity index (χ1) is 53.0. The molecule has 114 heavy (non-hydrogen) atoms. The average Bonchev–Trinajstić information content (AvgIpc) is 1.64. The number of nitrogens with one attached hydrogen (secondary N) is 2. The van der Waals surface area contributed by atoms with Crippen LogP contribution in [0.4, 0.5) is 13.2 Å². The minimum absolute atomic E-state index is 0.00260. The third-order valence-electron chi connectivity index (χ3n) is 11.7. The predicted octanol–water partition coefficient (Wildman–Crippen LogP) is 5.11. The minimum Gasteiger partial charge on any atom is -0.774 e. The number of ether oxygens (including phenoxy) is 1. The number of sulfonamides is 2. The molecule has 5 atom stereocenters. The van der Waals surface area contributed by atoms with Gasteiger partial charge in [-0.25, -0.2) is 77.0 Å². The Morgan fingerprint density at radius 1 is 0.596 bits per heavy atom. The van der Waals surface area contributed by atoms with E-state index in [-0.39, 0.29) is 52.4 Å². The highest BCUT2D eigenvalue weighted by Gasteiger charge is 2.41. The average molecular weight is 1870 g/mol. The van der Waals surface area contributed by atoms with Crippen molar-refractivity contribution >= 4 is 141 Å². The molecule has 0 saturated carbocycles. The zero-order valence-electron chi connectivity index (χ0n) is 57.4. The lowest BCUT2D eigenvalue weighted by Gasteiger charge is -2.29. The Labute approximate surface area is 661 Å². The van der Waals surface area contributed by atoms with E-state index < -0.39 is 159 Å². The first-order valence-corrected chi connectivity index (χ1v) is 47.1. The third-order valence-corrected chi connectivity index (χ3v) is 26.6. The molecule has 0 aromatic heterocycles. The van der Waals surface area contributed by atoms with E-state index in [0.29, 0.717) is 42.0 Å². The van der Waals surface area contributed by atoms with Gasteiger partial charge in [-0.3, -0.25) is 17.4 Å². The highest BCUT2D eigenvalue weighted by Crippen LogP contribution is 2.40. The zero-order chi connectivity index (χ0) is 85.4. The van der Waals surface area contributed by atoms with Gasteiger partial charge in [0.1, 0.15) is 44.1 Å². The second kappa shape index (κ2) is 45.5. The number of aryl methyl sites for hydroxylation is 1. The van der Waals surface area contributed by atoms with E-state index in [4.69, 9.17) is 21.5 Å². The number of nitrogens with zero attached hydrogens (tertiary/aromatic N) is 8. The van der Waals surface area contributed by atoms with Crippen LogP contribution in [-0.4, -0.2) is 175 Å².